The van der Waals surface area contributed by atoms with Crippen molar-refractivity contribution in [2.24, 2.45) is 11.8 Å². The molecule has 0 spiro atoms. The highest BCUT2D eigenvalue weighted by Gasteiger charge is 2.61. The zero-order valence-electron chi connectivity index (χ0n) is 30.0. The summed E-state index contributed by atoms with van der Waals surface area (Å²) in [5.41, 5.74) is 1.09. The molecule has 3 heterocycles. The van der Waals surface area contributed by atoms with Crippen molar-refractivity contribution in [2.45, 2.75) is 56.8 Å². The van der Waals surface area contributed by atoms with E-state index in [1.807, 2.05) is 68.4 Å². The number of carboxylic acid groups (broad SMARTS) is 1. The highest BCUT2D eigenvalue weighted by atomic mass is 16.5. The first-order valence-electron chi connectivity index (χ1n) is 17.7. The molecule has 2 aromatic carbocycles. The van der Waals surface area contributed by atoms with Gasteiger partial charge in [0.1, 0.15) is 29.2 Å². The van der Waals surface area contributed by atoms with Gasteiger partial charge >= 0.3 is 12.0 Å². The number of nitrogens with one attached hydrogen (secondary N) is 3. The molecule has 2 aliphatic rings. The fourth-order valence-corrected chi connectivity index (χ4v) is 6.85. The van der Waals surface area contributed by atoms with Crippen molar-refractivity contribution in [3.05, 3.63) is 97.3 Å². The molecule has 5 atom stereocenters. The number of aromatic nitrogens is 2. The van der Waals surface area contributed by atoms with Crippen molar-refractivity contribution in [3.8, 4) is 22.8 Å². The second-order valence-electron chi connectivity index (χ2n) is 13.9. The van der Waals surface area contributed by atoms with Crippen LogP contribution >= 0.6 is 0 Å². The van der Waals surface area contributed by atoms with Crippen LogP contribution in [0.3, 0.4) is 0 Å². The maximum Gasteiger partial charge on any atom is 0.330 e. The minimum atomic E-state index is -1.48. The average molecular weight is 721 g/mol. The van der Waals surface area contributed by atoms with Gasteiger partial charge in [0.15, 0.2) is 0 Å². The fourth-order valence-electron chi connectivity index (χ4n) is 6.85. The number of pyridine rings is 2. The Morgan fingerprint density at radius 2 is 1.89 bits per heavy atom. The van der Waals surface area contributed by atoms with E-state index in [2.05, 4.69) is 27.5 Å². The van der Waals surface area contributed by atoms with Gasteiger partial charge in [-0.15, -0.1) is 6.58 Å². The molecule has 2 aromatic heterocycles. The molecule has 53 heavy (non-hydrogen) atoms. The lowest BCUT2D eigenvalue weighted by Gasteiger charge is -2.29. The highest BCUT2D eigenvalue weighted by molar-refractivity contribution is 5.95. The first kappa shape index (κ1) is 36.8. The molecule has 0 radical (unpaired) electrons. The zero-order valence-corrected chi connectivity index (χ0v) is 30.0. The summed E-state index contributed by atoms with van der Waals surface area (Å²) in [6.45, 7) is 7.91. The Hall–Kier alpha value is -5.98. The third kappa shape index (κ3) is 8.24. The number of fused-ring (bicyclic) bond motifs is 1. The number of hydrogen-bond donors (Lipinski definition) is 4. The Bertz CT molecular complexity index is 1990. The van der Waals surface area contributed by atoms with E-state index < -0.39 is 47.6 Å². The third-order valence-corrected chi connectivity index (χ3v) is 9.71. The summed E-state index contributed by atoms with van der Waals surface area (Å²) in [6, 6.07) is 18.2. The topological polar surface area (TPSA) is 172 Å². The molecule has 2 fully saturated rings. The molecular weight excluding hydrogens is 676 g/mol. The van der Waals surface area contributed by atoms with Gasteiger partial charge in [-0.3, -0.25) is 14.6 Å². The maximum absolute atomic E-state index is 14.1. The van der Waals surface area contributed by atoms with Crippen molar-refractivity contribution in [1.29, 1.82) is 0 Å². The summed E-state index contributed by atoms with van der Waals surface area (Å²) in [4.78, 5) is 63.4. The zero-order chi connectivity index (χ0) is 37.7. The number of carbonyl (C=O) groups excluding carboxylic acids is 3. The molecule has 4 aromatic rings. The number of nitrogens with zero attached hydrogens (tertiary/aromatic N) is 3. The summed E-state index contributed by atoms with van der Waals surface area (Å²) >= 11 is 0. The van der Waals surface area contributed by atoms with Crippen molar-refractivity contribution >= 4 is 34.7 Å². The number of methoxy groups -OCH3 is 1. The van der Waals surface area contributed by atoms with Crippen LogP contribution in [0.5, 0.6) is 11.5 Å². The molecular formula is C40H44N6O7. The number of carbonyl (C=O) groups is 4. The van der Waals surface area contributed by atoms with E-state index in [1.165, 1.54) is 17.2 Å². The number of urea groups is 1. The molecule has 1 aliphatic carbocycles. The normalized spacial score (nSPS) is 21.1. The lowest BCUT2D eigenvalue weighted by atomic mass is 10.0. The van der Waals surface area contributed by atoms with E-state index in [1.54, 1.807) is 25.4 Å². The third-order valence-electron chi connectivity index (χ3n) is 9.71. The van der Waals surface area contributed by atoms with E-state index in [0.717, 1.165) is 5.56 Å². The smallest absolute Gasteiger partial charge is 0.330 e. The molecule has 1 aliphatic heterocycles. The SMILES string of the molecule is C=C[C@@H]1C[C@]1(NC(=O)C1C[C@@H](Oc2cc(-c3ccccc3)nc3cc(OC)ccc23)CN1C(=O)N[C@H](CNC(=O)c1cccnc1)CC(C)C)C(=O)O. The van der Waals surface area contributed by atoms with E-state index >= 15 is 0 Å². The van der Waals surface area contributed by atoms with Gasteiger partial charge in [0.25, 0.3) is 5.91 Å². The summed E-state index contributed by atoms with van der Waals surface area (Å²) in [6.07, 6.45) is 4.76. The monoisotopic (exact) mass is 720 g/mol. The molecule has 6 rings (SSSR count). The van der Waals surface area contributed by atoms with Crippen molar-refractivity contribution < 1.29 is 33.8 Å². The summed E-state index contributed by atoms with van der Waals surface area (Å²) in [5.74, 6) is -1.22. The summed E-state index contributed by atoms with van der Waals surface area (Å²) in [7, 11) is 1.58. The molecule has 4 amide bonds. The van der Waals surface area contributed by atoms with Crippen LogP contribution in [-0.4, -0.2) is 87.7 Å². The van der Waals surface area contributed by atoms with E-state index in [9.17, 15) is 24.3 Å². The molecule has 1 unspecified atom stereocenters. The number of rotatable bonds is 14. The first-order chi connectivity index (χ1) is 25.5. The number of benzene rings is 2. The van der Waals surface area contributed by atoms with Crippen LogP contribution in [0.25, 0.3) is 22.2 Å². The Morgan fingerprint density at radius 3 is 2.55 bits per heavy atom. The van der Waals surface area contributed by atoms with E-state index in [-0.39, 0.29) is 37.8 Å². The van der Waals surface area contributed by atoms with Crippen LogP contribution in [0, 0.1) is 11.8 Å². The minimum Gasteiger partial charge on any atom is -0.497 e. The van der Waals surface area contributed by atoms with E-state index in [0.29, 0.717) is 40.1 Å². The Labute approximate surface area is 307 Å². The van der Waals surface area contributed by atoms with E-state index in [4.69, 9.17) is 14.5 Å². The van der Waals surface area contributed by atoms with Gasteiger partial charge in [-0.25, -0.2) is 14.6 Å². The predicted molar refractivity (Wildman–Crippen MR) is 198 cm³/mol. The minimum absolute atomic E-state index is 0.0337. The molecule has 276 valence electrons. The molecule has 4 N–H and O–H groups in total. The predicted octanol–water partition coefficient (Wildman–Crippen LogP) is 4.83. The Kier molecular flexibility index (Phi) is 10.9. The number of likely N-dealkylation sites (tertiary alicyclic amines) is 1. The molecule has 1 saturated carbocycles. The second-order valence-corrected chi connectivity index (χ2v) is 13.9. The van der Waals surface area contributed by atoms with Crippen LogP contribution < -0.4 is 25.4 Å². The summed E-state index contributed by atoms with van der Waals surface area (Å²) in [5, 5.41) is 19.4. The lowest BCUT2D eigenvalue weighted by molar-refractivity contribution is -0.144. The number of ether oxygens (including phenoxy) is 2. The highest BCUT2D eigenvalue weighted by Crippen LogP contribution is 2.45. The van der Waals surface area contributed by atoms with Crippen molar-refractivity contribution in [1.82, 2.24) is 30.8 Å². The lowest BCUT2D eigenvalue weighted by Crippen LogP contribution is -2.56. The van der Waals surface area contributed by atoms with Gasteiger partial charge in [0, 0.05) is 60.4 Å². The molecule has 13 heteroatoms. The van der Waals surface area contributed by atoms with Gasteiger partial charge in [0.2, 0.25) is 5.91 Å². The summed E-state index contributed by atoms with van der Waals surface area (Å²) < 4.78 is 12.1. The maximum atomic E-state index is 14.1. The van der Waals surface area contributed by atoms with Gasteiger partial charge < -0.3 is 35.4 Å². The first-order valence-corrected chi connectivity index (χ1v) is 17.7. The largest absolute Gasteiger partial charge is 0.497 e. The quantitative estimate of drug-likeness (QED) is 0.133. The molecule has 13 nitrogen and oxygen atoms in total. The molecule has 0 bridgehead atoms. The average Bonchev–Trinajstić information content (AvgIpc) is 3.72. The second kappa shape index (κ2) is 15.7. The van der Waals surface area contributed by atoms with Gasteiger partial charge in [0.05, 0.1) is 30.4 Å². The van der Waals surface area contributed by atoms with Gasteiger partial charge in [-0.2, -0.15) is 0 Å². The van der Waals surface area contributed by atoms with Crippen molar-refractivity contribution in [3.63, 3.8) is 0 Å². The fraction of sp³-hybridized carbons (Fsp3) is 0.350. The van der Waals surface area contributed by atoms with Crippen LogP contribution in [0.4, 0.5) is 4.79 Å². The number of carboxylic acids is 1. The Balaban J connectivity index is 1.27. The molecule has 1 saturated heterocycles. The standard InChI is InChI=1S/C40H44N6O7/c1-5-27-20-40(27,38(49)50)45-37(48)34-18-30(23-46(34)39(51)43-28(16-24(2)3)22-42-36(47)26-12-9-15-41-21-26)53-35-19-32(25-10-7-6-8-11-25)44-33-17-29(52-4)13-14-31(33)35/h5-15,17,19,21,24,27-28,30,34H,1,16,18,20,22-23H2,2-4H3,(H,42,47)(H,43,51)(H,45,48)(H,49,50)/t27-,28+,30-,34?,40-/m1/s1. The van der Waals surface area contributed by atoms with Crippen LogP contribution in [-0.2, 0) is 9.59 Å². The Morgan fingerprint density at radius 1 is 1.09 bits per heavy atom. The van der Waals surface area contributed by atoms with Gasteiger partial charge in [-0.05, 0) is 43.0 Å². The van der Waals surface area contributed by atoms with Crippen molar-refractivity contribution in [2.75, 3.05) is 20.2 Å². The number of amides is 4. The van der Waals surface area contributed by atoms with Crippen LogP contribution in [0.1, 0.15) is 43.5 Å². The van der Waals surface area contributed by atoms with Crippen LogP contribution in [0.2, 0.25) is 0 Å². The van der Waals surface area contributed by atoms with Gasteiger partial charge in [-0.1, -0.05) is 50.3 Å². The number of aliphatic carboxylic acids is 1. The van der Waals surface area contributed by atoms with Crippen LogP contribution in [0.15, 0.2) is 91.8 Å². The number of hydrogen-bond acceptors (Lipinski definition) is 8.